The normalized spacial score (nSPS) is 15.6. The smallest absolute Gasteiger partial charge is 0.232 e. The molecule has 1 heterocycles. The molecule has 1 saturated heterocycles. The number of carbonyl (C=O) groups is 1. The second-order valence-electron chi connectivity index (χ2n) is 6.20. The Bertz CT molecular complexity index is 701. The van der Waals surface area contributed by atoms with Crippen molar-refractivity contribution in [1.82, 2.24) is 4.90 Å². The monoisotopic (exact) mass is 388 g/mol. The molecule has 0 atom stereocenters. The van der Waals surface area contributed by atoms with Crippen LogP contribution >= 0.6 is 11.6 Å². The molecule has 0 unspecified atom stereocenters. The first-order valence-electron chi connectivity index (χ1n) is 8.42. The maximum absolute atomic E-state index is 12.4. The van der Waals surface area contributed by atoms with Gasteiger partial charge >= 0.3 is 0 Å². The molecule has 1 amide bonds. The Labute approximate surface area is 154 Å². The fourth-order valence-corrected chi connectivity index (χ4v) is 4.14. The van der Waals surface area contributed by atoms with Crippen LogP contribution in [-0.4, -0.2) is 52.2 Å². The molecule has 0 aromatic heterocycles. The van der Waals surface area contributed by atoms with Gasteiger partial charge in [0.15, 0.2) is 0 Å². The highest BCUT2D eigenvalue weighted by Crippen LogP contribution is 2.30. The van der Waals surface area contributed by atoms with E-state index in [0.29, 0.717) is 16.5 Å². The molecule has 25 heavy (non-hydrogen) atoms. The van der Waals surface area contributed by atoms with Crippen LogP contribution in [0.5, 0.6) is 5.75 Å². The van der Waals surface area contributed by atoms with Gasteiger partial charge in [-0.15, -0.1) is 0 Å². The number of methoxy groups -OCH3 is 1. The quantitative estimate of drug-likeness (QED) is 0.751. The number of carbonyl (C=O) groups excluding carboxylic acids is 1. The van der Waals surface area contributed by atoms with Crippen molar-refractivity contribution in [2.75, 3.05) is 37.3 Å². The van der Waals surface area contributed by atoms with Crippen LogP contribution in [0.2, 0.25) is 5.02 Å². The van der Waals surface area contributed by atoms with Gasteiger partial charge in [-0.1, -0.05) is 24.4 Å². The number of ether oxygens (including phenoxy) is 1. The van der Waals surface area contributed by atoms with Crippen LogP contribution in [-0.2, 0) is 14.8 Å². The molecule has 1 aliphatic rings. The van der Waals surface area contributed by atoms with Gasteiger partial charge in [0.05, 0.1) is 24.1 Å². The van der Waals surface area contributed by atoms with Crippen LogP contribution in [0.4, 0.5) is 5.69 Å². The molecule has 0 aliphatic carbocycles. The Balaban J connectivity index is 2.10. The van der Waals surface area contributed by atoms with Gasteiger partial charge in [0.1, 0.15) is 5.75 Å². The molecule has 1 aromatic carbocycles. The van der Waals surface area contributed by atoms with Crippen molar-refractivity contribution in [3.63, 3.8) is 0 Å². The van der Waals surface area contributed by atoms with Gasteiger partial charge in [-0.2, -0.15) is 0 Å². The summed E-state index contributed by atoms with van der Waals surface area (Å²) in [6.45, 7) is 1.61. The number of hydrogen-bond donors (Lipinski definition) is 0. The average molecular weight is 389 g/mol. The van der Waals surface area contributed by atoms with E-state index in [9.17, 15) is 13.2 Å². The molecular weight excluding hydrogens is 364 g/mol. The third-order valence-corrected chi connectivity index (χ3v) is 5.80. The van der Waals surface area contributed by atoms with Crippen LogP contribution in [0, 0.1) is 0 Å². The van der Waals surface area contributed by atoms with Crippen molar-refractivity contribution in [1.29, 1.82) is 0 Å². The van der Waals surface area contributed by atoms with Crippen LogP contribution in [0.1, 0.15) is 32.1 Å². The lowest BCUT2D eigenvalue weighted by Gasteiger charge is -2.25. The maximum atomic E-state index is 12.4. The number of benzene rings is 1. The van der Waals surface area contributed by atoms with Crippen molar-refractivity contribution < 1.29 is 17.9 Å². The van der Waals surface area contributed by atoms with Gasteiger partial charge < -0.3 is 9.64 Å². The van der Waals surface area contributed by atoms with E-state index in [2.05, 4.69) is 0 Å². The summed E-state index contributed by atoms with van der Waals surface area (Å²) in [7, 11) is -2.03. The van der Waals surface area contributed by atoms with E-state index in [0.717, 1.165) is 45.0 Å². The zero-order chi connectivity index (χ0) is 18.4. The van der Waals surface area contributed by atoms with E-state index in [-0.39, 0.29) is 18.9 Å². The number of anilines is 1. The topological polar surface area (TPSA) is 66.9 Å². The highest BCUT2D eigenvalue weighted by atomic mass is 35.5. The maximum Gasteiger partial charge on any atom is 0.232 e. The SMILES string of the molecule is COc1ccc(N(CCC(=O)N2CCCCCC2)S(C)(=O)=O)cc1Cl. The number of sulfonamides is 1. The predicted octanol–water partition coefficient (Wildman–Crippen LogP) is 2.91. The summed E-state index contributed by atoms with van der Waals surface area (Å²) in [5, 5.41) is 0.326. The second-order valence-corrected chi connectivity index (χ2v) is 8.51. The van der Waals surface area contributed by atoms with E-state index in [1.807, 2.05) is 4.90 Å². The van der Waals surface area contributed by atoms with Crippen LogP contribution in [0.3, 0.4) is 0 Å². The largest absolute Gasteiger partial charge is 0.495 e. The van der Waals surface area contributed by atoms with Gasteiger partial charge in [0.25, 0.3) is 0 Å². The first-order valence-corrected chi connectivity index (χ1v) is 10.6. The predicted molar refractivity (Wildman–Crippen MR) is 99.9 cm³/mol. The van der Waals surface area contributed by atoms with Crippen LogP contribution in [0.15, 0.2) is 18.2 Å². The fraction of sp³-hybridized carbons (Fsp3) is 0.588. The summed E-state index contributed by atoms with van der Waals surface area (Å²) < 4.78 is 30.6. The Hall–Kier alpha value is -1.47. The Kier molecular flexibility index (Phi) is 6.95. The summed E-state index contributed by atoms with van der Waals surface area (Å²) in [6, 6.07) is 4.78. The molecule has 0 radical (unpaired) electrons. The third kappa shape index (κ3) is 5.51. The number of rotatable bonds is 6. The molecule has 0 spiro atoms. The standard InChI is InChI=1S/C17H25ClN2O4S/c1-24-16-8-7-14(13-15(16)18)20(25(2,22)23)12-9-17(21)19-10-5-3-4-6-11-19/h7-8,13H,3-6,9-12H2,1-2H3. The van der Waals surface area contributed by atoms with Gasteiger partial charge in [0.2, 0.25) is 15.9 Å². The highest BCUT2D eigenvalue weighted by Gasteiger charge is 2.22. The van der Waals surface area contributed by atoms with Crippen molar-refractivity contribution in [2.24, 2.45) is 0 Å². The summed E-state index contributed by atoms with van der Waals surface area (Å²) in [5.41, 5.74) is 0.428. The molecular formula is C17H25ClN2O4S. The molecule has 1 aromatic rings. The molecule has 140 valence electrons. The lowest BCUT2D eigenvalue weighted by Crippen LogP contribution is -2.37. The van der Waals surface area contributed by atoms with E-state index in [1.165, 1.54) is 17.5 Å². The van der Waals surface area contributed by atoms with Gasteiger partial charge in [-0.25, -0.2) is 8.42 Å². The first kappa shape index (κ1) is 19.8. The molecule has 0 bridgehead atoms. The summed E-state index contributed by atoms with van der Waals surface area (Å²) in [5.74, 6) is 0.467. The summed E-state index contributed by atoms with van der Waals surface area (Å²) >= 11 is 6.10. The number of hydrogen-bond acceptors (Lipinski definition) is 4. The van der Waals surface area contributed by atoms with E-state index >= 15 is 0 Å². The molecule has 1 aliphatic heterocycles. The lowest BCUT2D eigenvalue weighted by molar-refractivity contribution is -0.130. The molecule has 6 nitrogen and oxygen atoms in total. The fourth-order valence-electron chi connectivity index (χ4n) is 2.97. The molecule has 0 N–H and O–H groups in total. The number of nitrogens with zero attached hydrogens (tertiary/aromatic N) is 2. The zero-order valence-corrected chi connectivity index (χ0v) is 16.3. The van der Waals surface area contributed by atoms with E-state index < -0.39 is 10.0 Å². The number of amides is 1. The highest BCUT2D eigenvalue weighted by molar-refractivity contribution is 7.92. The second kappa shape index (κ2) is 8.76. The lowest BCUT2D eigenvalue weighted by atomic mass is 10.2. The minimum Gasteiger partial charge on any atom is -0.495 e. The van der Waals surface area contributed by atoms with Crippen molar-refractivity contribution in [2.45, 2.75) is 32.1 Å². The van der Waals surface area contributed by atoms with Crippen molar-refractivity contribution >= 4 is 33.2 Å². The van der Waals surface area contributed by atoms with E-state index in [1.54, 1.807) is 12.1 Å². The van der Waals surface area contributed by atoms with Gasteiger partial charge in [0, 0.05) is 26.1 Å². The third-order valence-electron chi connectivity index (χ3n) is 4.31. The first-order chi connectivity index (χ1) is 11.8. The Morgan fingerprint density at radius 2 is 1.88 bits per heavy atom. The van der Waals surface area contributed by atoms with Crippen LogP contribution < -0.4 is 9.04 Å². The molecule has 2 rings (SSSR count). The van der Waals surface area contributed by atoms with Gasteiger partial charge in [-0.05, 0) is 31.0 Å². The average Bonchev–Trinajstić information content (AvgIpc) is 2.83. The van der Waals surface area contributed by atoms with E-state index in [4.69, 9.17) is 16.3 Å². The summed E-state index contributed by atoms with van der Waals surface area (Å²) in [4.78, 5) is 14.3. The minimum atomic E-state index is -3.52. The number of halogens is 1. The summed E-state index contributed by atoms with van der Waals surface area (Å²) in [6.07, 6.45) is 5.58. The Morgan fingerprint density at radius 3 is 2.40 bits per heavy atom. The van der Waals surface area contributed by atoms with Crippen LogP contribution in [0.25, 0.3) is 0 Å². The zero-order valence-electron chi connectivity index (χ0n) is 14.7. The minimum absolute atomic E-state index is 0.00448. The molecule has 8 heteroatoms. The van der Waals surface area contributed by atoms with Crippen molar-refractivity contribution in [3.8, 4) is 5.75 Å². The number of likely N-dealkylation sites (tertiary alicyclic amines) is 1. The molecule has 1 fully saturated rings. The van der Waals surface area contributed by atoms with Crippen molar-refractivity contribution in [3.05, 3.63) is 23.2 Å². The Morgan fingerprint density at radius 1 is 1.24 bits per heavy atom. The van der Waals surface area contributed by atoms with Gasteiger partial charge in [-0.3, -0.25) is 9.10 Å². The molecule has 0 saturated carbocycles.